The number of aromatic nitrogens is 1. The van der Waals surface area contributed by atoms with E-state index in [1.165, 1.54) is 6.20 Å². The second kappa shape index (κ2) is 10.6. The summed E-state index contributed by atoms with van der Waals surface area (Å²) in [6.07, 6.45) is 3.72. The zero-order chi connectivity index (χ0) is 23.2. The van der Waals surface area contributed by atoms with E-state index in [0.29, 0.717) is 38.4 Å². The molecule has 0 spiro atoms. The fourth-order valence-electron chi connectivity index (χ4n) is 3.21. The van der Waals surface area contributed by atoms with E-state index >= 15 is 0 Å². The van der Waals surface area contributed by atoms with Crippen molar-refractivity contribution in [3.63, 3.8) is 0 Å². The number of hydrogen-bond donors (Lipinski definition) is 1. The van der Waals surface area contributed by atoms with E-state index in [0.717, 1.165) is 16.7 Å². The van der Waals surface area contributed by atoms with Crippen molar-refractivity contribution in [2.75, 3.05) is 5.43 Å². The van der Waals surface area contributed by atoms with Crippen molar-refractivity contribution >= 4 is 52.5 Å². The largest absolute Gasteiger partial charge is 0.289 e. The lowest BCUT2D eigenvalue weighted by Gasteiger charge is -2.11. The van der Waals surface area contributed by atoms with Crippen molar-refractivity contribution in [2.24, 2.45) is 5.10 Å². The van der Waals surface area contributed by atoms with Gasteiger partial charge in [0.05, 0.1) is 11.9 Å². The van der Waals surface area contributed by atoms with Crippen LogP contribution in [0.4, 0.5) is 5.69 Å². The summed E-state index contributed by atoms with van der Waals surface area (Å²) in [5.74, 6) is -0.117. The number of hydrazone groups is 1. The number of nitrogens with one attached hydrogen (secondary N) is 1. The van der Waals surface area contributed by atoms with Gasteiger partial charge in [0.15, 0.2) is 5.78 Å². The predicted molar refractivity (Wildman–Crippen MR) is 136 cm³/mol. The Hall–Kier alpha value is -3.18. The average molecular weight is 495 g/mol. The number of ketones is 1. The first-order chi connectivity index (χ1) is 16.0. The molecule has 0 aliphatic carbocycles. The molecule has 1 N–H and O–H groups in total. The van der Waals surface area contributed by atoms with Crippen molar-refractivity contribution in [3.8, 4) is 0 Å². The molecular formula is C26H18Cl3N3O. The smallest absolute Gasteiger partial charge is 0.194 e. The van der Waals surface area contributed by atoms with Crippen LogP contribution in [-0.4, -0.2) is 17.0 Å². The zero-order valence-corrected chi connectivity index (χ0v) is 19.6. The molecule has 0 radical (unpaired) electrons. The average Bonchev–Trinajstić information content (AvgIpc) is 2.83. The fourth-order valence-corrected chi connectivity index (χ4v) is 3.94. The summed E-state index contributed by atoms with van der Waals surface area (Å²) < 4.78 is 0. The Labute approximate surface area is 206 Å². The highest BCUT2D eigenvalue weighted by Crippen LogP contribution is 2.31. The van der Waals surface area contributed by atoms with Crippen molar-refractivity contribution in [2.45, 2.75) is 6.42 Å². The van der Waals surface area contributed by atoms with Crippen molar-refractivity contribution in [1.82, 2.24) is 4.98 Å². The number of rotatable bonds is 7. The van der Waals surface area contributed by atoms with Crippen LogP contribution in [-0.2, 0) is 6.42 Å². The topological polar surface area (TPSA) is 54.4 Å². The van der Waals surface area contributed by atoms with E-state index in [1.807, 2.05) is 42.5 Å². The second-order valence-electron chi connectivity index (χ2n) is 7.27. The van der Waals surface area contributed by atoms with Gasteiger partial charge in [0.25, 0.3) is 0 Å². The molecule has 0 unspecified atom stereocenters. The number of carbonyl (C=O) groups is 1. The third kappa shape index (κ3) is 5.99. The first-order valence-corrected chi connectivity index (χ1v) is 11.2. The van der Waals surface area contributed by atoms with Crippen LogP contribution in [0.5, 0.6) is 0 Å². The maximum Gasteiger partial charge on any atom is 0.194 e. The van der Waals surface area contributed by atoms with Gasteiger partial charge < -0.3 is 0 Å². The van der Waals surface area contributed by atoms with Gasteiger partial charge in [-0.1, -0.05) is 89.4 Å². The molecule has 4 aromatic rings. The Morgan fingerprint density at radius 3 is 2.18 bits per heavy atom. The van der Waals surface area contributed by atoms with Crippen molar-refractivity contribution in [1.29, 1.82) is 0 Å². The fraction of sp³-hybridized carbons (Fsp3) is 0.0385. The Morgan fingerprint density at radius 1 is 0.879 bits per heavy atom. The summed E-state index contributed by atoms with van der Waals surface area (Å²) in [4.78, 5) is 16.6. The highest BCUT2D eigenvalue weighted by atomic mass is 35.5. The maximum atomic E-state index is 12.6. The standard InChI is InChI=1S/C26H18Cl3N3O/c27-23-13-21(32-31-15-18-4-2-1-3-5-18)14-24(28)22(23)12-17-6-8-19(9-7-17)26(33)20-10-11-25(29)30-16-20/h1-11,13-16,32H,12H2/b31-15+. The molecule has 1 heterocycles. The molecule has 1 aromatic heterocycles. The van der Waals surface area contributed by atoms with Crippen LogP contribution in [0.1, 0.15) is 32.6 Å². The van der Waals surface area contributed by atoms with Crippen LogP contribution in [0.2, 0.25) is 15.2 Å². The van der Waals surface area contributed by atoms with E-state index in [-0.39, 0.29) is 5.78 Å². The lowest BCUT2D eigenvalue weighted by molar-refractivity contribution is 0.103. The Bertz CT molecular complexity index is 1270. The minimum absolute atomic E-state index is 0.117. The molecule has 0 saturated heterocycles. The zero-order valence-electron chi connectivity index (χ0n) is 17.3. The summed E-state index contributed by atoms with van der Waals surface area (Å²) in [6, 6.07) is 23.9. The third-order valence-corrected chi connectivity index (χ3v) is 5.83. The first kappa shape index (κ1) is 23.0. The number of pyridine rings is 1. The SMILES string of the molecule is O=C(c1ccc(Cc2c(Cl)cc(N/N=C/c3ccccc3)cc2Cl)cc1)c1ccc(Cl)nc1. The molecule has 164 valence electrons. The minimum Gasteiger partial charge on any atom is -0.289 e. The monoisotopic (exact) mass is 493 g/mol. The molecule has 7 heteroatoms. The molecule has 0 amide bonds. The maximum absolute atomic E-state index is 12.6. The van der Waals surface area contributed by atoms with Crippen LogP contribution in [0.25, 0.3) is 0 Å². The number of nitrogens with zero attached hydrogens (tertiary/aromatic N) is 2. The number of anilines is 1. The molecule has 33 heavy (non-hydrogen) atoms. The minimum atomic E-state index is -0.117. The summed E-state index contributed by atoms with van der Waals surface area (Å²) in [5.41, 5.74) is 7.46. The number of halogens is 3. The summed E-state index contributed by atoms with van der Waals surface area (Å²) in [5, 5.41) is 5.64. The van der Waals surface area contributed by atoms with Gasteiger partial charge in [-0.25, -0.2) is 4.98 Å². The van der Waals surface area contributed by atoms with E-state index in [2.05, 4.69) is 15.5 Å². The number of hydrogen-bond acceptors (Lipinski definition) is 4. The third-order valence-electron chi connectivity index (χ3n) is 4.93. The predicted octanol–water partition coefficient (Wildman–Crippen LogP) is 7.31. The molecule has 0 aliphatic rings. The Morgan fingerprint density at radius 2 is 1.55 bits per heavy atom. The summed E-state index contributed by atoms with van der Waals surface area (Å²) in [7, 11) is 0. The van der Waals surface area contributed by atoms with E-state index < -0.39 is 0 Å². The molecule has 4 rings (SSSR count). The van der Waals surface area contributed by atoms with Crippen LogP contribution < -0.4 is 5.43 Å². The van der Waals surface area contributed by atoms with Crippen molar-refractivity contribution < 1.29 is 4.79 Å². The molecule has 4 nitrogen and oxygen atoms in total. The van der Waals surface area contributed by atoms with Crippen LogP contribution in [0.3, 0.4) is 0 Å². The van der Waals surface area contributed by atoms with E-state index in [9.17, 15) is 4.79 Å². The molecule has 0 aliphatic heterocycles. The number of benzene rings is 3. The summed E-state index contributed by atoms with van der Waals surface area (Å²) >= 11 is 18.8. The quantitative estimate of drug-likeness (QED) is 0.127. The Kier molecular flexibility index (Phi) is 7.40. The Balaban J connectivity index is 1.44. The molecule has 0 atom stereocenters. The van der Waals surface area contributed by atoms with E-state index in [1.54, 1.807) is 42.6 Å². The van der Waals surface area contributed by atoms with Gasteiger partial charge in [0, 0.05) is 33.8 Å². The first-order valence-electron chi connectivity index (χ1n) is 10.1. The van der Waals surface area contributed by atoms with Gasteiger partial charge in [-0.2, -0.15) is 5.10 Å². The van der Waals surface area contributed by atoms with Crippen LogP contribution >= 0.6 is 34.8 Å². The molecule has 0 fully saturated rings. The van der Waals surface area contributed by atoms with Crippen molar-refractivity contribution in [3.05, 3.63) is 128 Å². The highest BCUT2D eigenvalue weighted by molar-refractivity contribution is 6.36. The van der Waals surface area contributed by atoms with Gasteiger partial charge in [0.2, 0.25) is 0 Å². The molecule has 0 bridgehead atoms. The van der Waals surface area contributed by atoms with Gasteiger partial charge >= 0.3 is 0 Å². The molecular weight excluding hydrogens is 477 g/mol. The lowest BCUT2D eigenvalue weighted by Crippen LogP contribution is -2.02. The molecule has 3 aromatic carbocycles. The summed E-state index contributed by atoms with van der Waals surface area (Å²) in [6.45, 7) is 0. The second-order valence-corrected chi connectivity index (χ2v) is 8.47. The van der Waals surface area contributed by atoms with Gasteiger partial charge in [-0.05, 0) is 41.0 Å². The lowest BCUT2D eigenvalue weighted by atomic mass is 10.00. The van der Waals surface area contributed by atoms with E-state index in [4.69, 9.17) is 34.8 Å². The van der Waals surface area contributed by atoms with Gasteiger partial charge in [-0.15, -0.1) is 0 Å². The van der Waals surface area contributed by atoms with Crippen LogP contribution in [0.15, 0.2) is 90.2 Å². The number of carbonyl (C=O) groups excluding carboxylic acids is 1. The normalized spacial score (nSPS) is 11.0. The highest BCUT2D eigenvalue weighted by Gasteiger charge is 2.12. The van der Waals surface area contributed by atoms with Gasteiger partial charge in [0.1, 0.15) is 5.15 Å². The van der Waals surface area contributed by atoms with Crippen LogP contribution in [0, 0.1) is 0 Å². The molecule has 0 saturated carbocycles. The van der Waals surface area contributed by atoms with Gasteiger partial charge in [-0.3, -0.25) is 10.2 Å².